The molecule has 3 rings (SSSR count). The van der Waals surface area contributed by atoms with E-state index >= 15 is 0 Å². The van der Waals surface area contributed by atoms with Crippen molar-refractivity contribution in [3.63, 3.8) is 0 Å². The lowest BCUT2D eigenvalue weighted by molar-refractivity contribution is 0.339. The van der Waals surface area contributed by atoms with Crippen LogP contribution >= 0.6 is 0 Å². The van der Waals surface area contributed by atoms with Gasteiger partial charge in [-0.2, -0.15) is 4.31 Å². The number of sulfonamides is 1. The quantitative estimate of drug-likeness (QED) is 0.836. The minimum Gasteiger partial charge on any atom is -0.337 e. The van der Waals surface area contributed by atoms with Crippen molar-refractivity contribution in [2.24, 2.45) is 13.0 Å². The highest BCUT2D eigenvalue weighted by molar-refractivity contribution is 7.89. The summed E-state index contributed by atoms with van der Waals surface area (Å²) in [5.41, 5.74) is 0. The molecule has 1 aromatic rings. The van der Waals surface area contributed by atoms with Gasteiger partial charge in [0.15, 0.2) is 5.03 Å². The van der Waals surface area contributed by atoms with Gasteiger partial charge in [-0.1, -0.05) is 0 Å². The summed E-state index contributed by atoms with van der Waals surface area (Å²) in [4.78, 5) is 4.16. The number of piperidine rings is 1. The van der Waals surface area contributed by atoms with E-state index in [4.69, 9.17) is 0 Å². The van der Waals surface area contributed by atoms with E-state index in [0.717, 1.165) is 19.4 Å². The van der Waals surface area contributed by atoms with Crippen molar-refractivity contribution in [1.29, 1.82) is 0 Å². The number of hydrogen-bond donors (Lipinski definition) is 1. The molecule has 0 saturated carbocycles. The van der Waals surface area contributed by atoms with Gasteiger partial charge in [0.25, 0.3) is 10.0 Å². The summed E-state index contributed by atoms with van der Waals surface area (Å²) in [6, 6.07) is 0.313. The topological polar surface area (TPSA) is 67.2 Å². The lowest BCUT2D eigenvalue weighted by Crippen LogP contribution is -2.41. The Balaban J connectivity index is 1.85. The first-order chi connectivity index (χ1) is 8.98. The molecule has 2 aliphatic heterocycles. The number of rotatable bonds is 2. The maximum absolute atomic E-state index is 12.6. The van der Waals surface area contributed by atoms with Gasteiger partial charge in [0.05, 0.1) is 0 Å². The Labute approximate surface area is 113 Å². The van der Waals surface area contributed by atoms with Crippen LogP contribution in [0.25, 0.3) is 0 Å². The molecule has 3 heterocycles. The average Bonchev–Trinajstić information content (AvgIpc) is 2.94. The smallest absolute Gasteiger partial charge is 0.262 e. The molecule has 2 saturated heterocycles. The van der Waals surface area contributed by atoms with E-state index in [-0.39, 0.29) is 5.03 Å². The Hall–Kier alpha value is -0.920. The van der Waals surface area contributed by atoms with Gasteiger partial charge >= 0.3 is 0 Å². The first-order valence-corrected chi connectivity index (χ1v) is 8.16. The van der Waals surface area contributed by atoms with Crippen LogP contribution < -0.4 is 5.32 Å². The molecule has 0 bridgehead atoms. The van der Waals surface area contributed by atoms with E-state index in [1.807, 2.05) is 14.0 Å². The maximum atomic E-state index is 12.6. The Morgan fingerprint density at radius 2 is 2.21 bits per heavy atom. The second-order valence-corrected chi connectivity index (χ2v) is 7.41. The van der Waals surface area contributed by atoms with Crippen LogP contribution in [0.5, 0.6) is 0 Å². The van der Waals surface area contributed by atoms with Crippen molar-refractivity contribution in [3.05, 3.63) is 12.0 Å². The van der Waals surface area contributed by atoms with E-state index in [1.165, 1.54) is 0 Å². The second kappa shape index (κ2) is 4.57. The number of nitrogens with zero attached hydrogens (tertiary/aromatic N) is 3. The first kappa shape index (κ1) is 13.1. The standard InChI is InChI=1S/C12H20N4O2S/c1-9-14-12(8-15(9)2)19(17,18)16-6-10-4-3-5-13-11(10)7-16/h8,10-11,13H,3-7H2,1-2H3. The van der Waals surface area contributed by atoms with Crippen molar-refractivity contribution >= 4 is 10.0 Å². The molecule has 0 aliphatic carbocycles. The molecular formula is C12H20N4O2S. The Morgan fingerprint density at radius 1 is 1.42 bits per heavy atom. The Bertz CT molecular complexity index is 547. The summed E-state index contributed by atoms with van der Waals surface area (Å²) in [6.45, 7) is 4.00. The van der Waals surface area contributed by atoms with Gasteiger partial charge in [-0.25, -0.2) is 13.4 Å². The zero-order valence-corrected chi connectivity index (χ0v) is 12.2. The number of imidazole rings is 1. The zero-order chi connectivity index (χ0) is 13.6. The normalized spacial score (nSPS) is 28.5. The fourth-order valence-corrected chi connectivity index (χ4v) is 4.53. The molecule has 1 N–H and O–H groups in total. The number of fused-ring (bicyclic) bond motifs is 1. The number of hydrogen-bond acceptors (Lipinski definition) is 4. The van der Waals surface area contributed by atoms with Crippen LogP contribution in [0.3, 0.4) is 0 Å². The van der Waals surface area contributed by atoms with E-state index < -0.39 is 10.0 Å². The highest BCUT2D eigenvalue weighted by atomic mass is 32.2. The molecule has 2 unspecified atom stereocenters. The molecule has 2 fully saturated rings. The molecule has 0 amide bonds. The predicted octanol–water partition coefficient (Wildman–Crippen LogP) is 0.101. The Kier molecular flexibility index (Phi) is 3.15. The zero-order valence-electron chi connectivity index (χ0n) is 11.3. The third-order valence-corrected chi connectivity index (χ3v) is 5.96. The van der Waals surface area contributed by atoms with Crippen LogP contribution in [0.1, 0.15) is 18.7 Å². The van der Waals surface area contributed by atoms with E-state index in [0.29, 0.717) is 30.9 Å². The number of nitrogens with one attached hydrogen (secondary N) is 1. The van der Waals surface area contributed by atoms with Crippen molar-refractivity contribution in [2.45, 2.75) is 30.8 Å². The second-order valence-electron chi connectivity index (χ2n) is 5.52. The molecule has 19 heavy (non-hydrogen) atoms. The van der Waals surface area contributed by atoms with Crippen molar-refractivity contribution < 1.29 is 8.42 Å². The largest absolute Gasteiger partial charge is 0.337 e. The van der Waals surface area contributed by atoms with E-state index in [9.17, 15) is 8.42 Å². The van der Waals surface area contributed by atoms with Crippen molar-refractivity contribution in [3.8, 4) is 0 Å². The molecule has 2 atom stereocenters. The first-order valence-electron chi connectivity index (χ1n) is 6.72. The molecule has 2 aliphatic rings. The van der Waals surface area contributed by atoms with Gasteiger partial charge in [-0.15, -0.1) is 0 Å². The third kappa shape index (κ3) is 2.19. The van der Waals surface area contributed by atoms with Gasteiger partial charge in [-0.05, 0) is 32.2 Å². The van der Waals surface area contributed by atoms with Crippen LogP contribution in [0, 0.1) is 12.8 Å². The lowest BCUT2D eigenvalue weighted by atomic mass is 9.94. The van der Waals surface area contributed by atoms with Gasteiger partial charge in [0, 0.05) is 32.4 Å². The molecule has 1 aromatic heterocycles. The summed E-state index contributed by atoms with van der Waals surface area (Å²) >= 11 is 0. The molecule has 7 heteroatoms. The summed E-state index contributed by atoms with van der Waals surface area (Å²) in [5.74, 6) is 1.17. The minimum atomic E-state index is -3.44. The highest BCUT2D eigenvalue weighted by Gasteiger charge is 2.40. The number of aryl methyl sites for hydroxylation is 2. The van der Waals surface area contributed by atoms with Crippen molar-refractivity contribution in [1.82, 2.24) is 19.2 Å². The van der Waals surface area contributed by atoms with Crippen molar-refractivity contribution in [2.75, 3.05) is 19.6 Å². The fourth-order valence-electron chi connectivity index (χ4n) is 2.99. The summed E-state index contributed by atoms with van der Waals surface area (Å²) < 4.78 is 28.5. The average molecular weight is 284 g/mol. The van der Waals surface area contributed by atoms with Crippen LogP contribution in [-0.4, -0.2) is 48.0 Å². The predicted molar refractivity (Wildman–Crippen MR) is 71.2 cm³/mol. The van der Waals surface area contributed by atoms with Crippen LogP contribution in [-0.2, 0) is 17.1 Å². The SMILES string of the molecule is Cc1nc(S(=O)(=O)N2CC3CCCNC3C2)cn1C. The van der Waals surface area contributed by atoms with Crippen LogP contribution in [0.2, 0.25) is 0 Å². The maximum Gasteiger partial charge on any atom is 0.262 e. The summed E-state index contributed by atoms with van der Waals surface area (Å²) in [7, 11) is -1.63. The van der Waals surface area contributed by atoms with Gasteiger partial charge in [0.1, 0.15) is 5.82 Å². The number of aromatic nitrogens is 2. The fraction of sp³-hybridized carbons (Fsp3) is 0.750. The summed E-state index contributed by atoms with van der Waals surface area (Å²) in [6.07, 6.45) is 3.85. The van der Waals surface area contributed by atoms with E-state index in [1.54, 1.807) is 15.1 Å². The summed E-state index contributed by atoms with van der Waals surface area (Å²) in [5, 5.41) is 3.59. The third-order valence-electron chi connectivity index (χ3n) is 4.26. The lowest BCUT2D eigenvalue weighted by Gasteiger charge is -2.24. The highest BCUT2D eigenvalue weighted by Crippen LogP contribution is 2.28. The van der Waals surface area contributed by atoms with Gasteiger partial charge in [-0.3, -0.25) is 0 Å². The van der Waals surface area contributed by atoms with Crippen LogP contribution in [0.4, 0.5) is 0 Å². The molecule has 0 radical (unpaired) electrons. The molecular weight excluding hydrogens is 264 g/mol. The molecule has 0 aromatic carbocycles. The molecule has 0 spiro atoms. The minimum absolute atomic E-state index is 0.172. The molecule has 106 valence electrons. The monoisotopic (exact) mass is 284 g/mol. The van der Waals surface area contributed by atoms with E-state index in [2.05, 4.69) is 10.3 Å². The van der Waals surface area contributed by atoms with Gasteiger partial charge in [0.2, 0.25) is 0 Å². The Morgan fingerprint density at radius 3 is 2.84 bits per heavy atom. The van der Waals surface area contributed by atoms with Crippen LogP contribution in [0.15, 0.2) is 11.2 Å². The van der Waals surface area contributed by atoms with Gasteiger partial charge < -0.3 is 9.88 Å². The molecule has 6 nitrogen and oxygen atoms in total.